The van der Waals surface area contributed by atoms with E-state index in [0.29, 0.717) is 44.1 Å². The second-order valence-corrected chi connectivity index (χ2v) is 13.1. The van der Waals surface area contributed by atoms with Gasteiger partial charge in [-0.15, -0.1) is 0 Å². The van der Waals surface area contributed by atoms with Crippen LogP contribution < -0.4 is 9.64 Å². The first-order valence-electron chi connectivity index (χ1n) is 15.7. The lowest BCUT2D eigenvalue weighted by molar-refractivity contribution is -0.142. The van der Waals surface area contributed by atoms with Crippen molar-refractivity contribution in [2.24, 2.45) is 0 Å². The van der Waals surface area contributed by atoms with Gasteiger partial charge < -0.3 is 29.1 Å². The van der Waals surface area contributed by atoms with Gasteiger partial charge in [0.1, 0.15) is 24.7 Å². The van der Waals surface area contributed by atoms with E-state index in [9.17, 15) is 23.9 Å². The number of ether oxygens (including phenoxy) is 3. The quantitative estimate of drug-likeness (QED) is 0.430. The molecule has 3 aliphatic rings. The standard InChI is InChI=1S/C33H44FN5O7/c1-21-14-36(27(16-38(21)32(42)43)15-37-10-11-44-20-33(37,4)5)17-30(41)39-22(2)18-46-31-29(39)13-25(28(35-31)19-45-23(3)40)12-24-6-8-26(34)9-7-24/h6-9,13,21-22,27H,10-12,14-20H2,1-5H3,(H,42,43)/t21-,22+,27+/m1/s1. The first-order chi connectivity index (χ1) is 21.8. The van der Waals surface area contributed by atoms with E-state index in [2.05, 4.69) is 23.6 Å². The highest BCUT2D eigenvalue weighted by Gasteiger charge is 2.41. The van der Waals surface area contributed by atoms with E-state index < -0.39 is 12.1 Å². The summed E-state index contributed by atoms with van der Waals surface area (Å²) in [4.78, 5) is 50.3. The van der Waals surface area contributed by atoms with Crippen molar-refractivity contribution < 1.29 is 38.1 Å². The maximum atomic E-state index is 14.3. The van der Waals surface area contributed by atoms with Crippen LogP contribution in [0, 0.1) is 5.82 Å². The number of hydrogen-bond donors (Lipinski definition) is 1. The average Bonchev–Trinajstić information content (AvgIpc) is 2.99. The van der Waals surface area contributed by atoms with Gasteiger partial charge in [-0.2, -0.15) is 0 Å². The molecule has 1 N–H and O–H groups in total. The fourth-order valence-electron chi connectivity index (χ4n) is 6.48. The fraction of sp³-hybridized carbons (Fsp3) is 0.576. The molecule has 3 aliphatic heterocycles. The number of rotatable bonds is 8. The van der Waals surface area contributed by atoms with Crippen LogP contribution in [-0.2, 0) is 32.1 Å². The molecule has 2 amide bonds. The molecule has 2 aromatic rings. The van der Waals surface area contributed by atoms with Crippen molar-refractivity contribution in [1.82, 2.24) is 19.7 Å². The van der Waals surface area contributed by atoms with Crippen LogP contribution in [0.1, 0.15) is 51.4 Å². The monoisotopic (exact) mass is 641 g/mol. The van der Waals surface area contributed by atoms with Crippen molar-refractivity contribution in [2.75, 3.05) is 57.4 Å². The van der Waals surface area contributed by atoms with Crippen LogP contribution in [0.5, 0.6) is 5.88 Å². The molecule has 46 heavy (non-hydrogen) atoms. The molecule has 0 radical (unpaired) electrons. The largest absolute Gasteiger partial charge is 0.474 e. The Balaban J connectivity index is 1.43. The number of fused-ring (bicyclic) bond motifs is 1. The number of esters is 1. The van der Waals surface area contributed by atoms with Crippen molar-refractivity contribution in [3.05, 3.63) is 53.0 Å². The number of hydrogen-bond acceptors (Lipinski definition) is 9. The second kappa shape index (κ2) is 13.9. The molecule has 4 heterocycles. The van der Waals surface area contributed by atoms with E-state index in [1.165, 1.54) is 24.0 Å². The molecule has 250 valence electrons. The molecule has 0 unspecified atom stereocenters. The van der Waals surface area contributed by atoms with Crippen molar-refractivity contribution >= 4 is 23.7 Å². The van der Waals surface area contributed by atoms with Crippen LogP contribution >= 0.6 is 0 Å². The summed E-state index contributed by atoms with van der Waals surface area (Å²) >= 11 is 0. The van der Waals surface area contributed by atoms with Gasteiger partial charge in [0.05, 0.1) is 31.5 Å². The van der Waals surface area contributed by atoms with Gasteiger partial charge in [0, 0.05) is 50.7 Å². The minimum atomic E-state index is -0.968. The van der Waals surface area contributed by atoms with E-state index in [1.807, 2.05) is 19.9 Å². The number of morpholine rings is 1. The molecule has 2 saturated heterocycles. The van der Waals surface area contributed by atoms with E-state index in [1.54, 1.807) is 17.0 Å². The zero-order valence-corrected chi connectivity index (χ0v) is 27.2. The lowest BCUT2D eigenvalue weighted by Crippen LogP contribution is -2.65. The van der Waals surface area contributed by atoms with Crippen LogP contribution in [0.25, 0.3) is 0 Å². The summed E-state index contributed by atoms with van der Waals surface area (Å²) in [5, 5.41) is 9.92. The summed E-state index contributed by atoms with van der Waals surface area (Å²) in [7, 11) is 0. The number of carboxylic acid groups (broad SMARTS) is 1. The number of piperazine rings is 1. The molecule has 0 spiro atoms. The third-order valence-corrected chi connectivity index (χ3v) is 9.07. The number of nitrogens with zero attached hydrogens (tertiary/aromatic N) is 5. The van der Waals surface area contributed by atoms with Gasteiger partial charge >= 0.3 is 12.1 Å². The Labute approximate surface area is 269 Å². The van der Waals surface area contributed by atoms with Gasteiger partial charge in [-0.05, 0) is 63.4 Å². The lowest BCUT2D eigenvalue weighted by atomic mass is 9.99. The number of carbonyl (C=O) groups excluding carboxylic acids is 2. The number of benzene rings is 1. The van der Waals surface area contributed by atoms with Crippen LogP contribution in [0.15, 0.2) is 30.3 Å². The topological polar surface area (TPSA) is 125 Å². The molecule has 1 aromatic carbocycles. The summed E-state index contributed by atoms with van der Waals surface area (Å²) in [5.74, 6) is -0.681. The summed E-state index contributed by atoms with van der Waals surface area (Å²) in [5.41, 5.74) is 2.33. The minimum absolute atomic E-state index is 0.0721. The molecule has 0 bridgehead atoms. The van der Waals surface area contributed by atoms with Crippen LogP contribution in [-0.4, -0.2) is 119 Å². The summed E-state index contributed by atoms with van der Waals surface area (Å²) in [6.45, 7) is 12.7. The molecule has 3 atom stereocenters. The molecule has 5 rings (SSSR count). The number of aromatic nitrogens is 1. The van der Waals surface area contributed by atoms with Gasteiger partial charge in [0.15, 0.2) is 0 Å². The third kappa shape index (κ3) is 7.59. The molecule has 0 aliphatic carbocycles. The highest BCUT2D eigenvalue weighted by atomic mass is 19.1. The highest BCUT2D eigenvalue weighted by Crippen LogP contribution is 2.36. The van der Waals surface area contributed by atoms with Crippen molar-refractivity contribution in [3.8, 4) is 5.88 Å². The Morgan fingerprint density at radius 3 is 2.54 bits per heavy atom. The molecule has 12 nitrogen and oxygen atoms in total. The zero-order chi connectivity index (χ0) is 33.2. The van der Waals surface area contributed by atoms with Gasteiger partial charge in [-0.1, -0.05) is 12.1 Å². The van der Waals surface area contributed by atoms with Crippen molar-refractivity contribution in [2.45, 2.75) is 71.3 Å². The van der Waals surface area contributed by atoms with E-state index in [4.69, 9.17) is 19.2 Å². The number of pyridine rings is 1. The Bertz CT molecular complexity index is 1440. The maximum Gasteiger partial charge on any atom is 0.407 e. The molecular formula is C33H44FN5O7. The summed E-state index contributed by atoms with van der Waals surface area (Å²) < 4.78 is 30.6. The van der Waals surface area contributed by atoms with E-state index >= 15 is 0 Å². The van der Waals surface area contributed by atoms with Crippen LogP contribution in [0.3, 0.4) is 0 Å². The molecule has 2 fully saturated rings. The van der Waals surface area contributed by atoms with Gasteiger partial charge in [0.2, 0.25) is 11.8 Å². The molecular weight excluding hydrogens is 597 g/mol. The second-order valence-electron chi connectivity index (χ2n) is 13.1. The molecule has 1 aromatic heterocycles. The Hall–Kier alpha value is -3.81. The Morgan fingerprint density at radius 1 is 1.13 bits per heavy atom. The first-order valence-corrected chi connectivity index (χ1v) is 15.7. The lowest BCUT2D eigenvalue weighted by Gasteiger charge is -2.49. The smallest absolute Gasteiger partial charge is 0.407 e. The summed E-state index contributed by atoms with van der Waals surface area (Å²) in [6.07, 6.45) is -0.593. The minimum Gasteiger partial charge on any atom is -0.474 e. The SMILES string of the molecule is CC(=O)OCc1nc2c(cc1Cc1ccc(F)cc1)N(C(=O)CN1C[C@@H](C)N(C(=O)O)C[C@@H]1CN1CCOCC1(C)C)[C@@H](C)CO2. The van der Waals surface area contributed by atoms with E-state index in [0.717, 1.165) is 17.7 Å². The predicted octanol–water partition coefficient (Wildman–Crippen LogP) is 3.15. The van der Waals surface area contributed by atoms with E-state index in [-0.39, 0.29) is 67.6 Å². The zero-order valence-electron chi connectivity index (χ0n) is 27.2. The molecule has 13 heteroatoms. The van der Waals surface area contributed by atoms with Crippen LogP contribution in [0.2, 0.25) is 0 Å². The van der Waals surface area contributed by atoms with Gasteiger partial charge in [-0.3, -0.25) is 19.4 Å². The summed E-state index contributed by atoms with van der Waals surface area (Å²) in [6, 6.07) is 7.18. The van der Waals surface area contributed by atoms with Gasteiger partial charge in [-0.25, -0.2) is 14.2 Å². The van der Waals surface area contributed by atoms with Crippen LogP contribution in [0.4, 0.5) is 14.9 Å². The average molecular weight is 642 g/mol. The number of halogens is 1. The van der Waals surface area contributed by atoms with Crippen molar-refractivity contribution in [1.29, 1.82) is 0 Å². The van der Waals surface area contributed by atoms with Gasteiger partial charge in [0.25, 0.3) is 0 Å². The number of anilines is 1. The fourth-order valence-corrected chi connectivity index (χ4v) is 6.48. The maximum absolute atomic E-state index is 14.3. The van der Waals surface area contributed by atoms with Crippen molar-refractivity contribution in [3.63, 3.8) is 0 Å². The number of amides is 2. The third-order valence-electron chi connectivity index (χ3n) is 9.07. The number of carbonyl (C=O) groups is 3. The molecule has 0 saturated carbocycles. The Morgan fingerprint density at radius 2 is 1.87 bits per heavy atom. The normalized spacial score (nSPS) is 23.4. The highest BCUT2D eigenvalue weighted by molar-refractivity contribution is 5.97. The first kappa shape index (κ1) is 33.6. The Kier molecular flexibility index (Phi) is 10.1. The predicted molar refractivity (Wildman–Crippen MR) is 167 cm³/mol.